The third kappa shape index (κ3) is 3.63. The van der Waals surface area contributed by atoms with Gasteiger partial charge in [-0.15, -0.1) is 0 Å². The summed E-state index contributed by atoms with van der Waals surface area (Å²) in [6.07, 6.45) is 3.24. The van der Waals surface area contributed by atoms with Crippen LogP contribution in [0.4, 0.5) is 5.69 Å². The van der Waals surface area contributed by atoms with Crippen molar-refractivity contribution >= 4 is 29.1 Å². The topological polar surface area (TPSA) is 75.4 Å². The van der Waals surface area contributed by atoms with Crippen LogP contribution in [-0.2, 0) is 4.79 Å². The number of piperidine rings is 1. The molecule has 0 aromatic heterocycles. The quantitative estimate of drug-likeness (QED) is 0.833. The summed E-state index contributed by atoms with van der Waals surface area (Å²) >= 11 is 5.80. The fourth-order valence-electron chi connectivity index (χ4n) is 2.20. The molecule has 1 aliphatic rings. The molecule has 1 saturated heterocycles. The highest BCUT2D eigenvalue weighted by Crippen LogP contribution is 2.19. The average molecular weight is 296 g/mol. The van der Waals surface area contributed by atoms with Crippen molar-refractivity contribution in [1.82, 2.24) is 10.2 Å². The highest BCUT2D eigenvalue weighted by atomic mass is 35.5. The largest absolute Gasteiger partial charge is 0.398 e. The van der Waals surface area contributed by atoms with Gasteiger partial charge in [0.25, 0.3) is 5.91 Å². The Morgan fingerprint density at radius 1 is 1.25 bits per heavy atom. The molecule has 1 fully saturated rings. The first-order valence-electron chi connectivity index (χ1n) is 6.69. The number of anilines is 1. The van der Waals surface area contributed by atoms with Crippen LogP contribution in [-0.4, -0.2) is 36.3 Å². The number of halogens is 1. The summed E-state index contributed by atoms with van der Waals surface area (Å²) < 4.78 is 0. The molecular formula is C14H18ClN3O2. The number of hydrogen-bond donors (Lipinski definition) is 2. The van der Waals surface area contributed by atoms with Gasteiger partial charge in [0.2, 0.25) is 5.91 Å². The number of hydrogen-bond acceptors (Lipinski definition) is 3. The van der Waals surface area contributed by atoms with Crippen molar-refractivity contribution in [1.29, 1.82) is 0 Å². The van der Waals surface area contributed by atoms with E-state index in [1.54, 1.807) is 17.0 Å². The summed E-state index contributed by atoms with van der Waals surface area (Å²) in [4.78, 5) is 25.6. The van der Waals surface area contributed by atoms with Gasteiger partial charge in [-0.1, -0.05) is 11.6 Å². The first kappa shape index (κ1) is 14.7. The molecule has 0 aliphatic carbocycles. The zero-order valence-corrected chi connectivity index (χ0v) is 11.9. The van der Waals surface area contributed by atoms with Crippen LogP contribution in [0.25, 0.3) is 0 Å². The third-order valence-electron chi connectivity index (χ3n) is 3.37. The Balaban J connectivity index is 1.88. The molecule has 0 spiro atoms. The summed E-state index contributed by atoms with van der Waals surface area (Å²) in [5.41, 5.74) is 6.39. The minimum atomic E-state index is -0.321. The lowest BCUT2D eigenvalue weighted by Crippen LogP contribution is -2.42. The molecule has 0 unspecified atom stereocenters. The Morgan fingerprint density at radius 2 is 1.95 bits per heavy atom. The predicted octanol–water partition coefficient (Wildman–Crippen LogP) is 1.66. The molecule has 0 radical (unpaired) electrons. The number of benzene rings is 1. The van der Waals surface area contributed by atoms with E-state index < -0.39 is 0 Å². The van der Waals surface area contributed by atoms with Crippen molar-refractivity contribution in [3.63, 3.8) is 0 Å². The minimum Gasteiger partial charge on any atom is -0.398 e. The third-order valence-corrected chi connectivity index (χ3v) is 3.71. The van der Waals surface area contributed by atoms with Crippen molar-refractivity contribution in [2.24, 2.45) is 0 Å². The zero-order chi connectivity index (χ0) is 14.5. The highest BCUT2D eigenvalue weighted by Gasteiger charge is 2.17. The van der Waals surface area contributed by atoms with E-state index in [1.165, 1.54) is 12.5 Å². The van der Waals surface area contributed by atoms with Crippen molar-refractivity contribution < 1.29 is 9.59 Å². The number of carbonyl (C=O) groups excluding carboxylic acids is 2. The maximum absolute atomic E-state index is 11.9. The predicted molar refractivity (Wildman–Crippen MR) is 78.6 cm³/mol. The number of carbonyl (C=O) groups is 2. The fraction of sp³-hybridized carbons (Fsp3) is 0.429. The van der Waals surface area contributed by atoms with Crippen LogP contribution in [0.1, 0.15) is 29.6 Å². The summed E-state index contributed by atoms with van der Waals surface area (Å²) in [5, 5.41) is 3.02. The number of rotatable bonds is 3. The van der Waals surface area contributed by atoms with E-state index in [1.807, 2.05) is 0 Å². The number of amides is 2. The van der Waals surface area contributed by atoms with Crippen LogP contribution >= 0.6 is 11.6 Å². The summed E-state index contributed by atoms with van der Waals surface area (Å²) in [5.74, 6) is -0.362. The van der Waals surface area contributed by atoms with Gasteiger partial charge >= 0.3 is 0 Å². The fourth-order valence-corrected chi connectivity index (χ4v) is 2.32. The van der Waals surface area contributed by atoms with E-state index in [9.17, 15) is 9.59 Å². The molecule has 6 heteroatoms. The number of nitrogen functional groups attached to an aromatic ring is 1. The maximum Gasteiger partial charge on any atom is 0.251 e. The van der Waals surface area contributed by atoms with Crippen molar-refractivity contribution in [3.05, 3.63) is 28.8 Å². The number of nitrogens with one attached hydrogen (secondary N) is 1. The van der Waals surface area contributed by atoms with Crippen LogP contribution in [0.2, 0.25) is 5.02 Å². The zero-order valence-electron chi connectivity index (χ0n) is 11.2. The lowest BCUT2D eigenvalue weighted by atomic mass is 10.1. The normalized spacial score (nSPS) is 14.9. The lowest BCUT2D eigenvalue weighted by Gasteiger charge is -2.26. The molecule has 1 aliphatic heterocycles. The molecule has 2 rings (SSSR count). The summed E-state index contributed by atoms with van der Waals surface area (Å²) in [6, 6.07) is 4.65. The number of nitrogens with zero attached hydrogens (tertiary/aromatic N) is 1. The second kappa shape index (κ2) is 6.61. The smallest absolute Gasteiger partial charge is 0.251 e. The molecule has 1 aromatic carbocycles. The lowest BCUT2D eigenvalue weighted by molar-refractivity contribution is -0.130. The SMILES string of the molecule is Nc1cc(C(=O)NCC(=O)N2CCCCC2)ccc1Cl. The van der Waals surface area contributed by atoms with Crippen molar-refractivity contribution in [2.45, 2.75) is 19.3 Å². The second-order valence-electron chi connectivity index (χ2n) is 4.86. The van der Waals surface area contributed by atoms with Crippen LogP contribution in [0, 0.1) is 0 Å². The van der Waals surface area contributed by atoms with Gasteiger partial charge in [0.05, 0.1) is 17.3 Å². The van der Waals surface area contributed by atoms with Crippen molar-refractivity contribution in [3.8, 4) is 0 Å². The van der Waals surface area contributed by atoms with Gasteiger partial charge in [0.15, 0.2) is 0 Å². The molecule has 0 bridgehead atoms. The van der Waals surface area contributed by atoms with E-state index >= 15 is 0 Å². The van der Waals surface area contributed by atoms with Gasteiger partial charge in [0.1, 0.15) is 0 Å². The molecule has 20 heavy (non-hydrogen) atoms. The van der Waals surface area contributed by atoms with E-state index in [0.29, 0.717) is 16.3 Å². The maximum atomic E-state index is 11.9. The Hall–Kier alpha value is -1.75. The van der Waals surface area contributed by atoms with Gasteiger partial charge in [-0.25, -0.2) is 0 Å². The monoisotopic (exact) mass is 295 g/mol. The first-order chi connectivity index (χ1) is 9.58. The molecule has 5 nitrogen and oxygen atoms in total. The average Bonchev–Trinajstić information content (AvgIpc) is 2.48. The van der Waals surface area contributed by atoms with E-state index in [0.717, 1.165) is 25.9 Å². The Kier molecular flexibility index (Phi) is 4.84. The van der Waals surface area contributed by atoms with Crippen LogP contribution in [0.15, 0.2) is 18.2 Å². The Bertz CT molecular complexity index is 513. The van der Waals surface area contributed by atoms with Crippen LogP contribution < -0.4 is 11.1 Å². The van der Waals surface area contributed by atoms with Gasteiger partial charge in [-0.3, -0.25) is 9.59 Å². The van der Waals surface area contributed by atoms with Gasteiger partial charge in [0, 0.05) is 18.7 Å². The summed E-state index contributed by atoms with van der Waals surface area (Å²) in [6.45, 7) is 1.58. The van der Waals surface area contributed by atoms with Crippen LogP contribution in [0.5, 0.6) is 0 Å². The standard InChI is InChI=1S/C14H18ClN3O2/c15-11-5-4-10(8-12(11)16)14(20)17-9-13(19)18-6-2-1-3-7-18/h4-5,8H,1-3,6-7,9,16H2,(H,17,20). The van der Waals surface area contributed by atoms with Crippen molar-refractivity contribution in [2.75, 3.05) is 25.4 Å². The molecule has 3 N–H and O–H groups in total. The van der Waals surface area contributed by atoms with E-state index in [-0.39, 0.29) is 18.4 Å². The molecule has 1 aromatic rings. The molecule has 0 atom stereocenters. The highest BCUT2D eigenvalue weighted by molar-refractivity contribution is 6.33. The Labute approximate surface area is 123 Å². The second-order valence-corrected chi connectivity index (χ2v) is 5.27. The first-order valence-corrected chi connectivity index (χ1v) is 7.07. The molecular weight excluding hydrogens is 278 g/mol. The molecule has 1 heterocycles. The van der Waals surface area contributed by atoms with Gasteiger partial charge in [-0.05, 0) is 37.5 Å². The Morgan fingerprint density at radius 3 is 2.60 bits per heavy atom. The molecule has 2 amide bonds. The number of likely N-dealkylation sites (tertiary alicyclic amines) is 1. The minimum absolute atomic E-state index is 0.0152. The van der Waals surface area contributed by atoms with E-state index in [2.05, 4.69) is 5.32 Å². The molecule has 108 valence electrons. The summed E-state index contributed by atoms with van der Waals surface area (Å²) in [7, 11) is 0. The van der Waals surface area contributed by atoms with Gasteiger partial charge in [-0.2, -0.15) is 0 Å². The number of nitrogens with two attached hydrogens (primary N) is 1. The van der Waals surface area contributed by atoms with E-state index in [4.69, 9.17) is 17.3 Å². The van der Waals surface area contributed by atoms with Crippen LogP contribution in [0.3, 0.4) is 0 Å². The molecule has 0 saturated carbocycles. The van der Waals surface area contributed by atoms with Gasteiger partial charge < -0.3 is 16.0 Å².